The van der Waals surface area contributed by atoms with Crippen LogP contribution < -0.4 is 15.5 Å². The summed E-state index contributed by atoms with van der Waals surface area (Å²) in [4.78, 5) is 19.0. The number of hydrogen-bond acceptors (Lipinski definition) is 4. The first kappa shape index (κ1) is 16.8. The van der Waals surface area contributed by atoms with E-state index < -0.39 is 0 Å². The van der Waals surface area contributed by atoms with Crippen LogP contribution in [0.1, 0.15) is 36.5 Å². The molecule has 0 unspecified atom stereocenters. The standard InChI is InChI=1S/C18H24N4OS/c1-13(17-12-24-14(2)20-17)19-18(23)21-15-7-6-10-22(11-15)16-8-4-3-5-9-16/h3-5,8-9,12-13,15H,6-7,10-11H2,1-2H3,(H2,19,21,23)/t13-,15+/m0/s1. The number of carbonyl (C=O) groups excluding carboxylic acids is 1. The zero-order valence-corrected chi connectivity index (χ0v) is 15.0. The zero-order chi connectivity index (χ0) is 16.9. The minimum Gasteiger partial charge on any atom is -0.369 e. The Morgan fingerprint density at radius 2 is 2.17 bits per heavy atom. The number of nitrogens with one attached hydrogen (secondary N) is 2. The molecule has 1 aliphatic heterocycles. The number of anilines is 1. The smallest absolute Gasteiger partial charge is 0.315 e. The first-order valence-corrected chi connectivity index (χ1v) is 9.29. The first-order valence-electron chi connectivity index (χ1n) is 8.41. The summed E-state index contributed by atoms with van der Waals surface area (Å²) in [6.45, 7) is 5.83. The molecular weight excluding hydrogens is 320 g/mol. The minimum absolute atomic E-state index is 0.0798. The van der Waals surface area contributed by atoms with Crippen molar-refractivity contribution in [1.29, 1.82) is 0 Å². The summed E-state index contributed by atoms with van der Waals surface area (Å²) < 4.78 is 0. The summed E-state index contributed by atoms with van der Waals surface area (Å²) in [6.07, 6.45) is 2.10. The molecule has 3 rings (SSSR count). The predicted molar refractivity (Wildman–Crippen MR) is 98.6 cm³/mol. The third-order valence-corrected chi connectivity index (χ3v) is 5.10. The van der Waals surface area contributed by atoms with E-state index in [2.05, 4.69) is 44.8 Å². The highest BCUT2D eigenvalue weighted by Crippen LogP contribution is 2.20. The minimum atomic E-state index is -0.118. The number of urea groups is 1. The maximum absolute atomic E-state index is 12.3. The maximum atomic E-state index is 12.3. The second-order valence-corrected chi connectivity index (χ2v) is 7.31. The van der Waals surface area contributed by atoms with Crippen molar-refractivity contribution in [3.8, 4) is 0 Å². The SMILES string of the molecule is Cc1nc([C@H](C)NC(=O)N[C@@H]2CCCN(c3ccccc3)C2)cs1. The molecule has 2 N–H and O–H groups in total. The van der Waals surface area contributed by atoms with Crippen molar-refractivity contribution in [3.63, 3.8) is 0 Å². The van der Waals surface area contributed by atoms with Crippen molar-refractivity contribution in [3.05, 3.63) is 46.4 Å². The molecule has 1 aliphatic rings. The highest BCUT2D eigenvalue weighted by molar-refractivity contribution is 7.09. The molecule has 6 heteroatoms. The molecular formula is C18H24N4OS. The number of aromatic nitrogens is 1. The molecule has 5 nitrogen and oxygen atoms in total. The lowest BCUT2D eigenvalue weighted by molar-refractivity contribution is 0.232. The number of rotatable bonds is 4. The lowest BCUT2D eigenvalue weighted by Gasteiger charge is -2.35. The molecule has 1 aromatic heterocycles. The highest BCUT2D eigenvalue weighted by atomic mass is 32.1. The number of piperidine rings is 1. The molecule has 1 saturated heterocycles. The van der Waals surface area contributed by atoms with Gasteiger partial charge in [-0.3, -0.25) is 0 Å². The number of para-hydroxylation sites is 1. The van der Waals surface area contributed by atoms with E-state index >= 15 is 0 Å². The molecule has 0 bridgehead atoms. The van der Waals surface area contributed by atoms with Crippen LogP contribution in [0.5, 0.6) is 0 Å². The maximum Gasteiger partial charge on any atom is 0.315 e. The second-order valence-electron chi connectivity index (χ2n) is 6.25. The van der Waals surface area contributed by atoms with Crippen molar-refractivity contribution in [2.75, 3.05) is 18.0 Å². The van der Waals surface area contributed by atoms with E-state index in [1.807, 2.05) is 25.3 Å². The van der Waals surface area contributed by atoms with E-state index in [1.54, 1.807) is 11.3 Å². The van der Waals surface area contributed by atoms with Crippen LogP contribution in [0.15, 0.2) is 35.7 Å². The average molecular weight is 344 g/mol. The third-order valence-electron chi connectivity index (χ3n) is 4.31. The number of aryl methyl sites for hydroxylation is 1. The number of carbonyl (C=O) groups is 1. The Bertz CT molecular complexity index is 673. The number of hydrogen-bond donors (Lipinski definition) is 2. The van der Waals surface area contributed by atoms with Gasteiger partial charge in [-0.05, 0) is 38.8 Å². The molecule has 2 heterocycles. The van der Waals surface area contributed by atoms with Gasteiger partial charge >= 0.3 is 6.03 Å². The van der Waals surface area contributed by atoms with Crippen LogP contribution in [-0.2, 0) is 0 Å². The molecule has 2 amide bonds. The van der Waals surface area contributed by atoms with Crippen LogP contribution in [0, 0.1) is 6.92 Å². The topological polar surface area (TPSA) is 57.3 Å². The second kappa shape index (κ2) is 7.66. The van der Waals surface area contributed by atoms with Gasteiger partial charge in [0.2, 0.25) is 0 Å². The van der Waals surface area contributed by atoms with Crippen molar-refractivity contribution in [1.82, 2.24) is 15.6 Å². The van der Waals surface area contributed by atoms with Gasteiger partial charge in [0.05, 0.1) is 16.7 Å². The van der Waals surface area contributed by atoms with E-state index in [-0.39, 0.29) is 18.1 Å². The molecule has 0 aliphatic carbocycles. The van der Waals surface area contributed by atoms with Crippen LogP contribution >= 0.6 is 11.3 Å². The summed E-state index contributed by atoms with van der Waals surface area (Å²) in [5.74, 6) is 0. The molecule has 2 atom stereocenters. The Balaban J connectivity index is 1.52. The summed E-state index contributed by atoms with van der Waals surface area (Å²) in [5, 5.41) is 9.11. The van der Waals surface area contributed by atoms with Crippen molar-refractivity contribution in [2.45, 2.75) is 38.8 Å². The van der Waals surface area contributed by atoms with Gasteiger partial charge in [-0.1, -0.05) is 18.2 Å². The molecule has 0 saturated carbocycles. The zero-order valence-electron chi connectivity index (χ0n) is 14.2. The van der Waals surface area contributed by atoms with Crippen molar-refractivity contribution in [2.24, 2.45) is 0 Å². The van der Waals surface area contributed by atoms with E-state index in [1.165, 1.54) is 5.69 Å². The monoisotopic (exact) mass is 344 g/mol. The predicted octanol–water partition coefficient (Wildman–Crippen LogP) is 3.48. The van der Waals surface area contributed by atoms with E-state index in [9.17, 15) is 4.79 Å². The fraction of sp³-hybridized carbons (Fsp3) is 0.444. The lowest BCUT2D eigenvalue weighted by Crippen LogP contribution is -2.51. The molecule has 1 fully saturated rings. The largest absolute Gasteiger partial charge is 0.369 e. The number of nitrogens with zero attached hydrogens (tertiary/aromatic N) is 2. The quantitative estimate of drug-likeness (QED) is 0.893. The number of thiazole rings is 1. The average Bonchev–Trinajstić information content (AvgIpc) is 3.02. The Kier molecular flexibility index (Phi) is 5.35. The van der Waals surface area contributed by atoms with Crippen LogP contribution in [0.25, 0.3) is 0 Å². The van der Waals surface area contributed by atoms with Crippen molar-refractivity contribution < 1.29 is 4.79 Å². The Hall–Kier alpha value is -2.08. The summed E-state index contributed by atoms with van der Waals surface area (Å²) in [7, 11) is 0. The third kappa shape index (κ3) is 4.26. The van der Waals surface area contributed by atoms with Crippen LogP contribution in [-0.4, -0.2) is 30.1 Å². The van der Waals surface area contributed by atoms with Crippen molar-refractivity contribution >= 4 is 23.1 Å². The molecule has 1 aromatic carbocycles. The van der Waals surface area contributed by atoms with Crippen LogP contribution in [0.2, 0.25) is 0 Å². The summed E-state index contributed by atoms with van der Waals surface area (Å²) >= 11 is 1.60. The van der Waals surface area contributed by atoms with Crippen LogP contribution in [0.4, 0.5) is 10.5 Å². The van der Waals surface area contributed by atoms with Gasteiger partial charge in [0.15, 0.2) is 0 Å². The van der Waals surface area contributed by atoms with E-state index in [0.717, 1.165) is 36.6 Å². The van der Waals surface area contributed by atoms with E-state index in [4.69, 9.17) is 0 Å². The van der Waals surface area contributed by atoms with Gasteiger partial charge in [0.1, 0.15) is 0 Å². The number of benzene rings is 1. The lowest BCUT2D eigenvalue weighted by atomic mass is 10.1. The van der Waals surface area contributed by atoms with Gasteiger partial charge in [0, 0.05) is 30.2 Å². The Morgan fingerprint density at radius 1 is 1.38 bits per heavy atom. The van der Waals surface area contributed by atoms with Gasteiger partial charge < -0.3 is 15.5 Å². The van der Waals surface area contributed by atoms with Crippen LogP contribution in [0.3, 0.4) is 0 Å². The normalized spacial score (nSPS) is 18.9. The Morgan fingerprint density at radius 3 is 2.88 bits per heavy atom. The van der Waals surface area contributed by atoms with Gasteiger partial charge in [-0.15, -0.1) is 11.3 Å². The van der Waals surface area contributed by atoms with Gasteiger partial charge in [0.25, 0.3) is 0 Å². The first-order chi connectivity index (χ1) is 11.6. The highest BCUT2D eigenvalue weighted by Gasteiger charge is 2.22. The fourth-order valence-electron chi connectivity index (χ4n) is 3.04. The molecule has 24 heavy (non-hydrogen) atoms. The Labute approximate surface area is 147 Å². The molecule has 2 aromatic rings. The molecule has 0 spiro atoms. The molecule has 128 valence electrons. The number of amides is 2. The van der Waals surface area contributed by atoms with Gasteiger partial charge in [-0.2, -0.15) is 0 Å². The van der Waals surface area contributed by atoms with Gasteiger partial charge in [-0.25, -0.2) is 9.78 Å². The van der Waals surface area contributed by atoms with E-state index in [0.29, 0.717) is 0 Å². The summed E-state index contributed by atoms with van der Waals surface area (Å²) in [5.41, 5.74) is 2.14. The summed E-state index contributed by atoms with van der Waals surface area (Å²) in [6, 6.07) is 10.3. The molecule has 0 radical (unpaired) electrons. The fourth-order valence-corrected chi connectivity index (χ4v) is 3.75.